The van der Waals surface area contributed by atoms with Gasteiger partial charge in [-0.1, -0.05) is 13.0 Å². The fourth-order valence-electron chi connectivity index (χ4n) is 1.45. The van der Waals surface area contributed by atoms with E-state index in [9.17, 15) is 17.2 Å². The summed E-state index contributed by atoms with van der Waals surface area (Å²) in [5.41, 5.74) is 0. The first-order chi connectivity index (χ1) is 8.42. The van der Waals surface area contributed by atoms with E-state index >= 15 is 0 Å². The van der Waals surface area contributed by atoms with Gasteiger partial charge in [0.2, 0.25) is 10.0 Å². The molecule has 1 atom stereocenters. The van der Waals surface area contributed by atoms with E-state index in [1.807, 2.05) is 0 Å². The minimum atomic E-state index is -4.24. The van der Waals surface area contributed by atoms with Crippen LogP contribution in [0.4, 0.5) is 8.78 Å². The quantitative estimate of drug-likeness (QED) is 0.861. The molecule has 102 valence electrons. The molecule has 0 spiro atoms. The molecular formula is C11H15F2NO3S. The number of nitrogens with one attached hydrogen (secondary N) is 1. The molecule has 0 aliphatic rings. The van der Waals surface area contributed by atoms with E-state index in [0.717, 1.165) is 18.2 Å². The number of sulfonamides is 1. The fourth-order valence-corrected chi connectivity index (χ4v) is 2.89. The van der Waals surface area contributed by atoms with E-state index in [0.29, 0.717) is 6.42 Å². The number of halogens is 2. The summed E-state index contributed by atoms with van der Waals surface area (Å²) in [6.07, 6.45) is 0.448. The molecule has 18 heavy (non-hydrogen) atoms. The zero-order valence-corrected chi connectivity index (χ0v) is 10.9. The van der Waals surface area contributed by atoms with Gasteiger partial charge in [-0.05, 0) is 18.6 Å². The first-order valence-electron chi connectivity index (χ1n) is 5.37. The lowest BCUT2D eigenvalue weighted by atomic mass is 10.3. The van der Waals surface area contributed by atoms with Gasteiger partial charge in [-0.25, -0.2) is 21.9 Å². The van der Waals surface area contributed by atoms with Crippen molar-refractivity contribution in [3.63, 3.8) is 0 Å². The summed E-state index contributed by atoms with van der Waals surface area (Å²) in [6, 6.07) is 2.37. The van der Waals surface area contributed by atoms with E-state index in [1.165, 1.54) is 7.11 Å². The normalized spacial score (nSPS) is 13.6. The van der Waals surface area contributed by atoms with Gasteiger partial charge in [0, 0.05) is 13.2 Å². The van der Waals surface area contributed by atoms with Crippen LogP contribution in [0.3, 0.4) is 0 Å². The van der Waals surface area contributed by atoms with Gasteiger partial charge in [0.15, 0.2) is 4.90 Å². The topological polar surface area (TPSA) is 55.4 Å². The van der Waals surface area contributed by atoms with Crippen LogP contribution in [-0.2, 0) is 14.8 Å². The maximum Gasteiger partial charge on any atom is 0.246 e. The predicted octanol–water partition coefficient (Wildman–Crippen LogP) is 1.67. The molecule has 0 heterocycles. The molecule has 0 bridgehead atoms. The van der Waals surface area contributed by atoms with Crippen LogP contribution in [0.2, 0.25) is 0 Å². The van der Waals surface area contributed by atoms with Crippen molar-refractivity contribution in [2.45, 2.75) is 24.3 Å². The molecule has 0 amide bonds. The van der Waals surface area contributed by atoms with E-state index in [1.54, 1.807) is 6.92 Å². The minimum absolute atomic E-state index is 0.131. The van der Waals surface area contributed by atoms with Gasteiger partial charge >= 0.3 is 0 Å². The third-order valence-corrected chi connectivity index (χ3v) is 3.94. The highest BCUT2D eigenvalue weighted by Crippen LogP contribution is 2.18. The fraction of sp³-hybridized carbons (Fsp3) is 0.455. The molecule has 1 rings (SSSR count). The second-order valence-corrected chi connectivity index (χ2v) is 5.38. The highest BCUT2D eigenvalue weighted by molar-refractivity contribution is 7.89. The van der Waals surface area contributed by atoms with Crippen molar-refractivity contribution in [1.82, 2.24) is 4.72 Å². The predicted molar refractivity (Wildman–Crippen MR) is 62.6 cm³/mol. The summed E-state index contributed by atoms with van der Waals surface area (Å²) in [5, 5.41) is 0. The van der Waals surface area contributed by atoms with Crippen molar-refractivity contribution in [3.8, 4) is 0 Å². The smallest absolute Gasteiger partial charge is 0.246 e. The molecule has 7 heteroatoms. The average Bonchev–Trinajstić information content (AvgIpc) is 2.27. The Kier molecular flexibility index (Phi) is 5.18. The average molecular weight is 279 g/mol. The van der Waals surface area contributed by atoms with Crippen LogP contribution in [0, 0.1) is 11.6 Å². The summed E-state index contributed by atoms with van der Waals surface area (Å²) in [4.78, 5) is -0.959. The van der Waals surface area contributed by atoms with Crippen molar-refractivity contribution in [3.05, 3.63) is 29.8 Å². The van der Waals surface area contributed by atoms with Crippen LogP contribution >= 0.6 is 0 Å². The van der Waals surface area contributed by atoms with Crippen molar-refractivity contribution < 1.29 is 21.9 Å². The van der Waals surface area contributed by atoms with Gasteiger partial charge in [0.25, 0.3) is 0 Å². The largest absolute Gasteiger partial charge is 0.383 e. The van der Waals surface area contributed by atoms with Gasteiger partial charge in [0.05, 0.1) is 6.61 Å². The highest BCUT2D eigenvalue weighted by Gasteiger charge is 2.26. The Morgan fingerprint density at radius 2 is 1.89 bits per heavy atom. The first kappa shape index (κ1) is 15.0. The summed E-state index contributed by atoms with van der Waals surface area (Å²) in [6.45, 7) is 1.87. The Morgan fingerprint density at radius 1 is 1.33 bits per heavy atom. The third-order valence-electron chi connectivity index (χ3n) is 2.37. The van der Waals surface area contributed by atoms with E-state index < -0.39 is 32.6 Å². The lowest BCUT2D eigenvalue weighted by Gasteiger charge is -2.16. The minimum Gasteiger partial charge on any atom is -0.383 e. The van der Waals surface area contributed by atoms with Gasteiger partial charge in [0.1, 0.15) is 11.6 Å². The molecule has 0 aromatic heterocycles. The summed E-state index contributed by atoms with van der Waals surface area (Å²) in [7, 11) is -2.82. The first-order valence-corrected chi connectivity index (χ1v) is 6.86. The number of rotatable bonds is 6. The molecule has 0 fully saturated rings. The summed E-state index contributed by atoms with van der Waals surface area (Å²) in [5.74, 6) is -2.23. The molecule has 1 unspecified atom stereocenters. The SMILES string of the molecule is CCC(COC)NS(=O)(=O)c1c(F)cccc1F. The lowest BCUT2D eigenvalue weighted by molar-refractivity contribution is 0.173. The molecule has 1 aromatic rings. The second-order valence-electron chi connectivity index (χ2n) is 3.73. The third kappa shape index (κ3) is 3.47. The maximum absolute atomic E-state index is 13.4. The number of ether oxygens (including phenoxy) is 1. The number of benzene rings is 1. The molecule has 0 radical (unpaired) electrons. The van der Waals surface area contributed by atoms with Crippen LogP contribution in [0.5, 0.6) is 0 Å². The maximum atomic E-state index is 13.4. The molecule has 1 aromatic carbocycles. The summed E-state index contributed by atoms with van der Waals surface area (Å²) >= 11 is 0. The molecule has 4 nitrogen and oxygen atoms in total. The standard InChI is InChI=1S/C11H15F2NO3S/c1-3-8(7-17-2)14-18(15,16)11-9(12)5-4-6-10(11)13/h4-6,8,14H,3,7H2,1-2H3. The Bertz CT molecular complexity index is 485. The van der Waals surface area contributed by atoms with E-state index in [2.05, 4.69) is 4.72 Å². The van der Waals surface area contributed by atoms with Gasteiger partial charge < -0.3 is 4.74 Å². The van der Waals surface area contributed by atoms with Crippen LogP contribution in [0.15, 0.2) is 23.1 Å². The number of hydrogen-bond acceptors (Lipinski definition) is 3. The van der Waals surface area contributed by atoms with Crippen LogP contribution in [0.25, 0.3) is 0 Å². The number of hydrogen-bond donors (Lipinski definition) is 1. The molecule has 0 aliphatic carbocycles. The monoisotopic (exact) mass is 279 g/mol. The molecule has 1 N–H and O–H groups in total. The van der Waals surface area contributed by atoms with Crippen molar-refractivity contribution in [2.75, 3.05) is 13.7 Å². The van der Waals surface area contributed by atoms with Crippen molar-refractivity contribution >= 4 is 10.0 Å². The highest BCUT2D eigenvalue weighted by atomic mass is 32.2. The zero-order valence-electron chi connectivity index (χ0n) is 10.1. The van der Waals surface area contributed by atoms with Gasteiger partial charge in [-0.15, -0.1) is 0 Å². The second kappa shape index (κ2) is 6.21. The van der Waals surface area contributed by atoms with Crippen molar-refractivity contribution in [1.29, 1.82) is 0 Å². The van der Waals surface area contributed by atoms with Crippen LogP contribution in [-0.4, -0.2) is 28.2 Å². The van der Waals surface area contributed by atoms with E-state index in [-0.39, 0.29) is 6.61 Å². The van der Waals surface area contributed by atoms with Gasteiger partial charge in [-0.3, -0.25) is 0 Å². The summed E-state index contributed by atoms with van der Waals surface area (Å²) < 4.78 is 57.6. The number of methoxy groups -OCH3 is 1. The van der Waals surface area contributed by atoms with E-state index in [4.69, 9.17) is 4.74 Å². The zero-order chi connectivity index (χ0) is 13.8. The molecule has 0 aliphatic heterocycles. The van der Waals surface area contributed by atoms with Crippen LogP contribution in [0.1, 0.15) is 13.3 Å². The molecule has 0 saturated carbocycles. The Balaban J connectivity index is 3.06. The Hall–Kier alpha value is -1.05. The Labute approximate surface area is 105 Å². The van der Waals surface area contributed by atoms with Crippen LogP contribution < -0.4 is 4.72 Å². The Morgan fingerprint density at radius 3 is 2.33 bits per heavy atom. The molecular weight excluding hydrogens is 264 g/mol. The lowest BCUT2D eigenvalue weighted by Crippen LogP contribution is -2.38. The van der Waals surface area contributed by atoms with Gasteiger partial charge in [-0.2, -0.15) is 0 Å². The molecule has 0 saturated heterocycles. The van der Waals surface area contributed by atoms with Crippen molar-refractivity contribution in [2.24, 2.45) is 0 Å².